The van der Waals surface area contributed by atoms with Crippen LogP contribution in [-0.2, 0) is 17.8 Å². The van der Waals surface area contributed by atoms with Gasteiger partial charge in [0.1, 0.15) is 0 Å². The summed E-state index contributed by atoms with van der Waals surface area (Å²) in [5.74, 6) is 0.167. The van der Waals surface area contributed by atoms with Crippen LogP contribution < -0.4 is 5.32 Å². The van der Waals surface area contributed by atoms with E-state index in [4.69, 9.17) is 0 Å². The fraction of sp³-hybridized carbons (Fsp3) is 0.308. The normalized spacial score (nSPS) is 19.0. The zero-order chi connectivity index (χ0) is 20.8. The quantitative estimate of drug-likeness (QED) is 0.644. The number of nitrogens with one attached hydrogen (secondary N) is 1. The van der Waals surface area contributed by atoms with Gasteiger partial charge in [-0.2, -0.15) is 0 Å². The molecule has 1 aliphatic rings. The monoisotopic (exact) mass is 399 g/mol. The number of pyridine rings is 1. The first-order chi connectivity index (χ1) is 14.7. The molecule has 0 bridgehead atoms. The first-order valence-electron chi connectivity index (χ1n) is 10.7. The molecule has 0 saturated carbocycles. The van der Waals surface area contributed by atoms with Gasteiger partial charge in [0, 0.05) is 25.8 Å². The average Bonchev–Trinajstić information content (AvgIpc) is 3.19. The molecule has 4 rings (SSSR count). The lowest BCUT2D eigenvalue weighted by atomic mass is 9.79. The van der Waals surface area contributed by atoms with E-state index in [1.165, 1.54) is 16.7 Å². The number of likely N-dealkylation sites (tertiary alicyclic amines) is 1. The summed E-state index contributed by atoms with van der Waals surface area (Å²) in [7, 11) is 0. The lowest BCUT2D eigenvalue weighted by molar-refractivity contribution is -0.130. The third-order valence-electron chi connectivity index (χ3n) is 5.97. The third kappa shape index (κ3) is 4.60. The Morgan fingerprint density at radius 2 is 1.73 bits per heavy atom. The van der Waals surface area contributed by atoms with Gasteiger partial charge in [0.05, 0.1) is 11.1 Å². The van der Waals surface area contributed by atoms with Crippen molar-refractivity contribution in [2.75, 3.05) is 19.6 Å². The predicted molar refractivity (Wildman–Crippen MR) is 121 cm³/mol. The van der Waals surface area contributed by atoms with Crippen molar-refractivity contribution in [3.63, 3.8) is 0 Å². The summed E-state index contributed by atoms with van der Waals surface area (Å²) in [4.78, 5) is 19.9. The molecule has 1 N–H and O–H groups in total. The van der Waals surface area contributed by atoms with Crippen LogP contribution in [0.15, 0.2) is 79.0 Å². The van der Waals surface area contributed by atoms with E-state index < -0.39 is 0 Å². The smallest absolute Gasteiger partial charge is 0.227 e. The summed E-state index contributed by atoms with van der Waals surface area (Å²) in [6.07, 6.45) is 3.45. The minimum Gasteiger partial charge on any atom is -0.356 e. The maximum atomic E-state index is 13.1. The molecule has 1 atom stereocenters. The molecular weight excluding hydrogens is 370 g/mol. The molecule has 0 radical (unpaired) electrons. The highest BCUT2D eigenvalue weighted by Gasteiger charge is 2.44. The van der Waals surface area contributed by atoms with Crippen LogP contribution in [0.3, 0.4) is 0 Å². The van der Waals surface area contributed by atoms with Gasteiger partial charge in [0.25, 0.3) is 0 Å². The summed E-state index contributed by atoms with van der Waals surface area (Å²) in [5.41, 5.74) is 4.29. The van der Waals surface area contributed by atoms with Gasteiger partial charge in [-0.15, -0.1) is 0 Å². The molecule has 1 fully saturated rings. The van der Waals surface area contributed by atoms with Crippen LogP contribution in [0.25, 0.3) is 11.1 Å². The van der Waals surface area contributed by atoms with E-state index in [0.29, 0.717) is 6.54 Å². The van der Waals surface area contributed by atoms with Crippen LogP contribution in [-0.4, -0.2) is 35.4 Å². The first kappa shape index (κ1) is 20.3. The van der Waals surface area contributed by atoms with Gasteiger partial charge in [0.2, 0.25) is 5.91 Å². The van der Waals surface area contributed by atoms with Gasteiger partial charge in [-0.1, -0.05) is 60.7 Å². The van der Waals surface area contributed by atoms with E-state index in [0.717, 1.165) is 38.2 Å². The molecule has 0 aliphatic carbocycles. The number of amides is 1. The van der Waals surface area contributed by atoms with Crippen molar-refractivity contribution >= 4 is 5.91 Å². The molecule has 3 aromatic rings. The van der Waals surface area contributed by atoms with Gasteiger partial charge in [-0.25, -0.2) is 0 Å². The van der Waals surface area contributed by atoms with Crippen LogP contribution in [0.5, 0.6) is 0 Å². The number of carbonyl (C=O) groups is 1. The minimum absolute atomic E-state index is 0.167. The van der Waals surface area contributed by atoms with E-state index in [1.807, 2.05) is 31.3 Å². The van der Waals surface area contributed by atoms with Crippen molar-refractivity contribution in [1.82, 2.24) is 15.2 Å². The second-order valence-corrected chi connectivity index (χ2v) is 8.16. The molecule has 1 unspecified atom stereocenters. The van der Waals surface area contributed by atoms with Crippen LogP contribution in [0.2, 0.25) is 0 Å². The Kier molecular flexibility index (Phi) is 6.24. The Hall–Kier alpha value is -2.98. The van der Waals surface area contributed by atoms with Crippen molar-refractivity contribution in [2.45, 2.75) is 26.3 Å². The van der Waals surface area contributed by atoms with Gasteiger partial charge in [0.15, 0.2) is 0 Å². The molecule has 2 aromatic carbocycles. The largest absolute Gasteiger partial charge is 0.356 e. The summed E-state index contributed by atoms with van der Waals surface area (Å²) < 4.78 is 0. The van der Waals surface area contributed by atoms with E-state index in [-0.39, 0.29) is 11.3 Å². The number of carbonyl (C=O) groups excluding carboxylic acids is 1. The zero-order valence-corrected chi connectivity index (χ0v) is 17.6. The summed E-state index contributed by atoms with van der Waals surface area (Å²) >= 11 is 0. The Morgan fingerprint density at radius 3 is 2.43 bits per heavy atom. The summed E-state index contributed by atoms with van der Waals surface area (Å²) in [6.45, 7) is 5.11. The highest BCUT2D eigenvalue weighted by Crippen LogP contribution is 2.36. The summed E-state index contributed by atoms with van der Waals surface area (Å²) in [6, 6.07) is 25.1. The first-order valence-corrected chi connectivity index (χ1v) is 10.7. The molecule has 1 saturated heterocycles. The van der Waals surface area contributed by atoms with Gasteiger partial charge in [-0.3, -0.25) is 14.7 Å². The van der Waals surface area contributed by atoms with Crippen LogP contribution in [0.1, 0.15) is 24.6 Å². The second-order valence-electron chi connectivity index (χ2n) is 8.16. The van der Waals surface area contributed by atoms with Crippen LogP contribution in [0.4, 0.5) is 0 Å². The van der Waals surface area contributed by atoms with Crippen molar-refractivity contribution < 1.29 is 4.79 Å². The number of nitrogens with zero attached hydrogens (tertiary/aromatic N) is 2. The molecule has 1 aromatic heterocycles. The predicted octanol–water partition coefficient (Wildman–Crippen LogP) is 4.32. The number of hydrogen-bond donors (Lipinski definition) is 1. The molecule has 2 heterocycles. The van der Waals surface area contributed by atoms with Crippen molar-refractivity contribution in [2.24, 2.45) is 5.41 Å². The SMILES string of the molecule is CCNC(=O)C1(Cc2ccc(-c3ccccc3)cc2)CCN(Cc2ccccn2)C1. The number of aromatic nitrogens is 1. The van der Waals surface area contributed by atoms with Gasteiger partial charge < -0.3 is 5.32 Å². The standard InChI is InChI=1S/C26H29N3O/c1-2-27-25(30)26(15-17-29(20-26)19-24-10-6-7-16-28-24)18-21-11-13-23(14-12-21)22-8-4-3-5-9-22/h3-14,16H,2,15,17-20H2,1H3,(H,27,30). The molecular formula is C26H29N3O. The molecule has 30 heavy (non-hydrogen) atoms. The Labute approximate surface area is 179 Å². The molecule has 1 amide bonds. The van der Waals surface area contributed by atoms with Crippen molar-refractivity contribution in [3.8, 4) is 11.1 Å². The minimum atomic E-state index is -0.390. The van der Waals surface area contributed by atoms with Crippen molar-refractivity contribution in [1.29, 1.82) is 0 Å². The maximum absolute atomic E-state index is 13.1. The molecule has 1 aliphatic heterocycles. The highest BCUT2D eigenvalue weighted by molar-refractivity contribution is 5.83. The Morgan fingerprint density at radius 1 is 1.00 bits per heavy atom. The zero-order valence-electron chi connectivity index (χ0n) is 17.6. The Bertz CT molecular complexity index is 957. The number of hydrogen-bond acceptors (Lipinski definition) is 3. The van der Waals surface area contributed by atoms with E-state index in [2.05, 4.69) is 69.8 Å². The van der Waals surface area contributed by atoms with E-state index in [9.17, 15) is 4.79 Å². The fourth-order valence-corrected chi connectivity index (χ4v) is 4.41. The number of rotatable bonds is 7. The maximum Gasteiger partial charge on any atom is 0.227 e. The van der Waals surface area contributed by atoms with Gasteiger partial charge >= 0.3 is 0 Å². The topological polar surface area (TPSA) is 45.2 Å². The van der Waals surface area contributed by atoms with Gasteiger partial charge in [-0.05, 0) is 55.1 Å². The molecule has 154 valence electrons. The van der Waals surface area contributed by atoms with E-state index >= 15 is 0 Å². The highest BCUT2D eigenvalue weighted by atomic mass is 16.2. The van der Waals surface area contributed by atoms with E-state index in [1.54, 1.807) is 0 Å². The summed E-state index contributed by atoms with van der Waals surface area (Å²) in [5, 5.41) is 3.09. The lowest BCUT2D eigenvalue weighted by Crippen LogP contribution is -2.44. The Balaban J connectivity index is 1.51. The number of benzene rings is 2. The second kappa shape index (κ2) is 9.23. The van der Waals surface area contributed by atoms with Crippen LogP contribution >= 0.6 is 0 Å². The fourth-order valence-electron chi connectivity index (χ4n) is 4.41. The lowest BCUT2D eigenvalue weighted by Gasteiger charge is -2.28. The molecule has 0 spiro atoms. The van der Waals surface area contributed by atoms with Crippen LogP contribution in [0, 0.1) is 5.41 Å². The van der Waals surface area contributed by atoms with Crippen molar-refractivity contribution in [3.05, 3.63) is 90.3 Å². The third-order valence-corrected chi connectivity index (χ3v) is 5.97. The average molecular weight is 400 g/mol. The molecule has 4 nitrogen and oxygen atoms in total. The molecule has 4 heteroatoms.